The summed E-state index contributed by atoms with van der Waals surface area (Å²) in [6.45, 7) is 0.648. The van der Waals surface area contributed by atoms with E-state index in [9.17, 15) is 9.59 Å². The Labute approximate surface area is 207 Å². The first-order valence-corrected chi connectivity index (χ1v) is 12.0. The quantitative estimate of drug-likeness (QED) is 0.454. The molecule has 2 aliphatic heterocycles. The van der Waals surface area contributed by atoms with Gasteiger partial charge in [-0.25, -0.2) is 4.90 Å². The molecular formula is C27H25BrN2O4. The number of hydrogen-bond acceptors (Lipinski definition) is 5. The summed E-state index contributed by atoms with van der Waals surface area (Å²) >= 11 is 3.52. The lowest BCUT2D eigenvalue weighted by Crippen LogP contribution is -2.47. The molecule has 0 aromatic heterocycles. The Morgan fingerprint density at radius 3 is 2.26 bits per heavy atom. The van der Waals surface area contributed by atoms with Crippen LogP contribution in [0.5, 0.6) is 11.5 Å². The van der Waals surface area contributed by atoms with Crippen LogP contribution in [0.4, 0.5) is 5.69 Å². The van der Waals surface area contributed by atoms with Crippen molar-refractivity contribution in [1.29, 1.82) is 0 Å². The summed E-state index contributed by atoms with van der Waals surface area (Å²) in [7, 11) is 3.25. The molecule has 0 aliphatic carbocycles. The number of anilines is 1. The van der Waals surface area contributed by atoms with Crippen LogP contribution in [0.3, 0.4) is 0 Å². The molecule has 3 aromatic carbocycles. The number of para-hydroxylation sites is 1. The van der Waals surface area contributed by atoms with Crippen LogP contribution in [0.15, 0.2) is 71.2 Å². The third kappa shape index (κ3) is 3.89. The molecule has 6 nitrogen and oxygen atoms in total. The highest BCUT2D eigenvalue weighted by atomic mass is 79.9. The Morgan fingerprint density at radius 2 is 1.59 bits per heavy atom. The van der Waals surface area contributed by atoms with Crippen LogP contribution in [-0.4, -0.2) is 43.5 Å². The van der Waals surface area contributed by atoms with Gasteiger partial charge in [0.25, 0.3) is 5.91 Å². The Balaban J connectivity index is 1.59. The third-order valence-electron chi connectivity index (χ3n) is 6.63. The monoisotopic (exact) mass is 520 g/mol. The van der Waals surface area contributed by atoms with Gasteiger partial charge in [-0.3, -0.25) is 14.5 Å². The summed E-state index contributed by atoms with van der Waals surface area (Å²) < 4.78 is 12.1. The summed E-state index contributed by atoms with van der Waals surface area (Å²) in [5, 5.41) is 0. The average molecular weight is 521 g/mol. The number of ether oxygens (including phenoxy) is 2. The molecule has 5 rings (SSSR count). The van der Waals surface area contributed by atoms with E-state index in [1.54, 1.807) is 26.4 Å². The first-order valence-electron chi connectivity index (χ1n) is 11.2. The predicted octanol–water partition coefficient (Wildman–Crippen LogP) is 4.75. The molecule has 34 heavy (non-hydrogen) atoms. The van der Waals surface area contributed by atoms with E-state index in [0.717, 1.165) is 27.6 Å². The van der Waals surface area contributed by atoms with E-state index in [-0.39, 0.29) is 24.3 Å². The summed E-state index contributed by atoms with van der Waals surface area (Å²) in [5.41, 5.74) is 3.88. The van der Waals surface area contributed by atoms with Crippen molar-refractivity contribution in [2.24, 2.45) is 0 Å². The second kappa shape index (κ2) is 9.24. The minimum Gasteiger partial charge on any atom is -0.493 e. The zero-order chi connectivity index (χ0) is 23.8. The molecule has 3 aromatic rings. The number of methoxy groups -OCH3 is 2. The van der Waals surface area contributed by atoms with Gasteiger partial charge in [0.2, 0.25) is 5.91 Å². The van der Waals surface area contributed by atoms with Gasteiger partial charge in [-0.15, -0.1) is 0 Å². The van der Waals surface area contributed by atoms with Crippen molar-refractivity contribution in [3.8, 4) is 11.5 Å². The first kappa shape index (κ1) is 22.6. The van der Waals surface area contributed by atoms with E-state index < -0.39 is 6.04 Å². The van der Waals surface area contributed by atoms with Crippen molar-refractivity contribution in [1.82, 2.24) is 4.90 Å². The zero-order valence-electron chi connectivity index (χ0n) is 19.0. The minimum absolute atomic E-state index is 0.156. The maximum Gasteiger partial charge on any atom is 0.251 e. The van der Waals surface area contributed by atoms with Gasteiger partial charge in [-0.05, 0) is 59.5 Å². The van der Waals surface area contributed by atoms with E-state index in [2.05, 4.69) is 33.0 Å². The first-order chi connectivity index (χ1) is 16.5. The predicted molar refractivity (Wildman–Crippen MR) is 133 cm³/mol. The van der Waals surface area contributed by atoms with E-state index in [1.807, 2.05) is 42.5 Å². The number of fused-ring (bicyclic) bond motifs is 1. The fourth-order valence-corrected chi connectivity index (χ4v) is 5.30. The fraction of sp³-hybridized carbons (Fsp3) is 0.259. The SMILES string of the molecule is COc1cc2c(cc1OC)[C@@H](c1ccc(Br)cc1)N([C@@H]1CC(=O)N(c3ccccc3)C1=O)CC2. The van der Waals surface area contributed by atoms with Crippen molar-refractivity contribution < 1.29 is 19.1 Å². The Bertz CT molecular complexity index is 1230. The Morgan fingerprint density at radius 1 is 0.912 bits per heavy atom. The van der Waals surface area contributed by atoms with Gasteiger partial charge >= 0.3 is 0 Å². The number of nitrogens with zero attached hydrogens (tertiary/aromatic N) is 2. The van der Waals surface area contributed by atoms with Gasteiger partial charge in [0.1, 0.15) is 0 Å². The van der Waals surface area contributed by atoms with Crippen molar-refractivity contribution in [3.63, 3.8) is 0 Å². The van der Waals surface area contributed by atoms with Crippen LogP contribution >= 0.6 is 15.9 Å². The number of carbonyl (C=O) groups is 2. The van der Waals surface area contributed by atoms with Gasteiger partial charge in [0, 0.05) is 11.0 Å². The largest absolute Gasteiger partial charge is 0.493 e. The molecular weight excluding hydrogens is 496 g/mol. The maximum atomic E-state index is 13.6. The number of benzene rings is 3. The van der Waals surface area contributed by atoms with Gasteiger partial charge < -0.3 is 9.47 Å². The van der Waals surface area contributed by atoms with Crippen molar-refractivity contribution in [2.75, 3.05) is 25.7 Å². The fourth-order valence-electron chi connectivity index (χ4n) is 5.04. The molecule has 1 fully saturated rings. The molecule has 2 heterocycles. The van der Waals surface area contributed by atoms with Crippen LogP contribution in [0.25, 0.3) is 0 Å². The van der Waals surface area contributed by atoms with Crippen LogP contribution in [0.2, 0.25) is 0 Å². The highest BCUT2D eigenvalue weighted by molar-refractivity contribution is 9.10. The maximum absolute atomic E-state index is 13.6. The lowest BCUT2D eigenvalue weighted by atomic mass is 9.86. The van der Waals surface area contributed by atoms with Gasteiger partial charge in [0.15, 0.2) is 11.5 Å². The van der Waals surface area contributed by atoms with E-state index in [1.165, 1.54) is 4.90 Å². The van der Waals surface area contributed by atoms with Crippen LogP contribution in [-0.2, 0) is 16.0 Å². The second-order valence-electron chi connectivity index (χ2n) is 8.47. The highest BCUT2D eigenvalue weighted by Gasteiger charge is 2.46. The molecule has 0 radical (unpaired) electrons. The lowest BCUT2D eigenvalue weighted by Gasteiger charge is -2.40. The van der Waals surface area contributed by atoms with Gasteiger partial charge in [-0.2, -0.15) is 0 Å². The average Bonchev–Trinajstić information content (AvgIpc) is 3.16. The number of carbonyl (C=O) groups excluding carboxylic acids is 2. The molecule has 0 unspecified atom stereocenters. The second-order valence-corrected chi connectivity index (χ2v) is 9.39. The molecule has 1 saturated heterocycles. The molecule has 7 heteroatoms. The molecule has 0 saturated carbocycles. The summed E-state index contributed by atoms with van der Waals surface area (Å²) in [5.74, 6) is 0.979. The van der Waals surface area contributed by atoms with Crippen molar-refractivity contribution >= 4 is 33.4 Å². The topological polar surface area (TPSA) is 59.1 Å². The number of rotatable bonds is 5. The lowest BCUT2D eigenvalue weighted by molar-refractivity contribution is -0.123. The molecule has 0 spiro atoms. The standard InChI is InChI=1S/C27H25BrN2O4/c1-33-23-14-18-12-13-29(22-16-25(31)30(27(22)32)20-6-4-3-5-7-20)26(21(18)15-24(23)34-2)17-8-10-19(28)11-9-17/h3-11,14-15,22,26H,12-13,16H2,1-2H3/t22-,26-/m1/s1. The highest BCUT2D eigenvalue weighted by Crippen LogP contribution is 2.43. The van der Waals surface area contributed by atoms with Gasteiger partial charge in [-0.1, -0.05) is 46.3 Å². The molecule has 2 amide bonds. The van der Waals surface area contributed by atoms with Gasteiger partial charge in [0.05, 0.1) is 38.4 Å². The van der Waals surface area contributed by atoms with Crippen LogP contribution in [0, 0.1) is 0 Å². The number of hydrogen-bond donors (Lipinski definition) is 0. The van der Waals surface area contributed by atoms with Crippen molar-refractivity contribution in [2.45, 2.75) is 24.9 Å². The zero-order valence-corrected chi connectivity index (χ0v) is 20.6. The third-order valence-corrected chi connectivity index (χ3v) is 7.16. The summed E-state index contributed by atoms with van der Waals surface area (Å²) in [4.78, 5) is 30.1. The minimum atomic E-state index is -0.539. The van der Waals surface area contributed by atoms with Crippen LogP contribution in [0.1, 0.15) is 29.2 Å². The smallest absolute Gasteiger partial charge is 0.251 e. The summed E-state index contributed by atoms with van der Waals surface area (Å²) in [6, 6.07) is 20.6. The van der Waals surface area contributed by atoms with Crippen molar-refractivity contribution in [3.05, 3.63) is 87.9 Å². The Kier molecular flexibility index (Phi) is 6.15. The molecule has 0 bridgehead atoms. The van der Waals surface area contributed by atoms with Crippen LogP contribution < -0.4 is 14.4 Å². The molecule has 2 aliphatic rings. The Hall–Kier alpha value is -3.16. The molecule has 0 N–H and O–H groups in total. The number of halogens is 1. The molecule has 2 atom stereocenters. The van der Waals surface area contributed by atoms with E-state index in [4.69, 9.17) is 9.47 Å². The molecule has 174 valence electrons. The summed E-state index contributed by atoms with van der Waals surface area (Å²) in [6.07, 6.45) is 0.898. The number of imide groups is 1. The van der Waals surface area contributed by atoms with E-state index >= 15 is 0 Å². The number of amides is 2. The normalized spacial score (nSPS) is 20.4. The van der Waals surface area contributed by atoms with E-state index in [0.29, 0.717) is 23.7 Å².